The lowest BCUT2D eigenvalue weighted by atomic mass is 10.1. The van der Waals surface area contributed by atoms with Crippen LogP contribution in [-0.2, 0) is 16.6 Å². The van der Waals surface area contributed by atoms with Crippen molar-refractivity contribution in [2.45, 2.75) is 53.0 Å². The number of sulfonamides is 1. The molecule has 0 aliphatic rings. The number of aryl methyl sites for hydroxylation is 2. The number of hydrogen-bond acceptors (Lipinski definition) is 5. The molecule has 1 aromatic heterocycles. The standard InChI is InChI=1S/C31H37N3O3S2/c1-21(2)18-33(19-22(3)4)39(36,37)27-15-13-26(14-16-27)30(35)34(20-25-10-8-7-9-11-25)31-32-29-24(6)23(5)12-17-28(29)38-31/h7-17,21-22H,18-20H2,1-6H3. The van der Waals surface area contributed by atoms with Gasteiger partial charge in [0.15, 0.2) is 5.13 Å². The molecule has 39 heavy (non-hydrogen) atoms. The molecule has 0 N–H and O–H groups in total. The molecule has 1 amide bonds. The maximum atomic E-state index is 13.9. The van der Waals surface area contributed by atoms with Gasteiger partial charge in [0.25, 0.3) is 5.91 Å². The fourth-order valence-corrected chi connectivity index (χ4v) is 7.27. The normalized spacial score (nSPS) is 12.1. The van der Waals surface area contributed by atoms with Gasteiger partial charge in [-0.25, -0.2) is 13.4 Å². The Labute approximate surface area is 236 Å². The summed E-state index contributed by atoms with van der Waals surface area (Å²) in [4.78, 5) is 20.6. The lowest BCUT2D eigenvalue weighted by Crippen LogP contribution is -2.37. The number of rotatable bonds is 10. The van der Waals surface area contributed by atoms with Crippen molar-refractivity contribution in [3.8, 4) is 0 Å². The highest BCUT2D eigenvalue weighted by molar-refractivity contribution is 7.89. The van der Waals surface area contributed by atoms with Gasteiger partial charge < -0.3 is 0 Å². The van der Waals surface area contributed by atoms with Crippen LogP contribution < -0.4 is 4.90 Å². The average Bonchev–Trinajstić information content (AvgIpc) is 3.34. The van der Waals surface area contributed by atoms with Crippen molar-refractivity contribution < 1.29 is 13.2 Å². The first-order valence-electron chi connectivity index (χ1n) is 13.3. The van der Waals surface area contributed by atoms with Gasteiger partial charge in [-0.05, 0) is 72.7 Å². The Balaban J connectivity index is 1.69. The van der Waals surface area contributed by atoms with Crippen LogP contribution in [0.15, 0.2) is 71.6 Å². The van der Waals surface area contributed by atoms with Crippen LogP contribution in [0.25, 0.3) is 10.2 Å². The van der Waals surface area contributed by atoms with Gasteiger partial charge in [-0.2, -0.15) is 4.31 Å². The molecular formula is C31H37N3O3S2. The molecule has 8 heteroatoms. The second kappa shape index (κ2) is 12.0. The molecule has 0 saturated carbocycles. The predicted octanol–water partition coefficient (Wildman–Crippen LogP) is 7.06. The van der Waals surface area contributed by atoms with Gasteiger partial charge >= 0.3 is 0 Å². The lowest BCUT2D eigenvalue weighted by molar-refractivity contribution is 0.0985. The summed E-state index contributed by atoms with van der Waals surface area (Å²) < 4.78 is 29.5. The number of anilines is 1. The van der Waals surface area contributed by atoms with Crippen LogP contribution in [0.4, 0.5) is 5.13 Å². The molecule has 206 valence electrons. The third-order valence-corrected chi connectivity index (χ3v) is 9.50. The first kappa shape index (κ1) is 28.9. The first-order valence-corrected chi connectivity index (χ1v) is 15.6. The SMILES string of the molecule is Cc1ccc2sc(N(Cc3ccccc3)C(=O)c3ccc(S(=O)(=O)N(CC(C)C)CC(C)C)cc3)nc2c1C. The van der Waals surface area contributed by atoms with Crippen LogP contribution in [0.3, 0.4) is 0 Å². The van der Waals surface area contributed by atoms with Gasteiger partial charge in [-0.1, -0.05) is 75.4 Å². The quantitative estimate of drug-likeness (QED) is 0.207. The van der Waals surface area contributed by atoms with Gasteiger partial charge in [0.1, 0.15) is 0 Å². The highest BCUT2D eigenvalue weighted by Crippen LogP contribution is 2.33. The topological polar surface area (TPSA) is 70.6 Å². The molecule has 0 spiro atoms. The van der Waals surface area contributed by atoms with Gasteiger partial charge in [0.2, 0.25) is 10.0 Å². The van der Waals surface area contributed by atoms with E-state index in [1.807, 2.05) is 71.0 Å². The molecule has 0 fully saturated rings. The summed E-state index contributed by atoms with van der Waals surface area (Å²) in [6.07, 6.45) is 0. The van der Waals surface area contributed by atoms with Gasteiger partial charge in [-0.15, -0.1) is 0 Å². The van der Waals surface area contributed by atoms with E-state index in [2.05, 4.69) is 13.0 Å². The zero-order valence-electron chi connectivity index (χ0n) is 23.5. The highest BCUT2D eigenvalue weighted by Gasteiger charge is 2.27. The second-order valence-corrected chi connectivity index (χ2v) is 13.8. The Hall–Kier alpha value is -3.07. The summed E-state index contributed by atoms with van der Waals surface area (Å²) in [5.41, 5.74) is 4.55. The maximum absolute atomic E-state index is 13.9. The van der Waals surface area contributed by atoms with Gasteiger partial charge in [0.05, 0.1) is 21.7 Å². The number of benzene rings is 3. The third kappa shape index (κ3) is 6.57. The van der Waals surface area contributed by atoms with Crippen LogP contribution in [0.2, 0.25) is 0 Å². The van der Waals surface area contributed by atoms with E-state index in [0.717, 1.165) is 26.9 Å². The fraction of sp³-hybridized carbons (Fsp3) is 0.355. The molecule has 4 rings (SSSR count). The van der Waals surface area contributed by atoms with Crippen LogP contribution in [0, 0.1) is 25.7 Å². The smallest absolute Gasteiger partial charge is 0.260 e. The molecular weight excluding hydrogens is 526 g/mol. The lowest BCUT2D eigenvalue weighted by Gasteiger charge is -2.26. The predicted molar refractivity (Wildman–Crippen MR) is 161 cm³/mol. The molecule has 0 unspecified atom stereocenters. The molecule has 0 saturated heterocycles. The van der Waals surface area contributed by atoms with Gasteiger partial charge in [-0.3, -0.25) is 9.69 Å². The molecule has 0 radical (unpaired) electrons. The number of nitrogens with zero attached hydrogens (tertiary/aromatic N) is 3. The number of carbonyl (C=O) groups excluding carboxylic acids is 1. The zero-order valence-corrected chi connectivity index (χ0v) is 25.1. The molecule has 0 aliphatic heterocycles. The number of aromatic nitrogens is 1. The Morgan fingerprint density at radius 2 is 1.49 bits per heavy atom. The number of fused-ring (bicyclic) bond motifs is 1. The summed E-state index contributed by atoms with van der Waals surface area (Å²) in [5, 5.41) is 0.615. The third-order valence-electron chi connectivity index (χ3n) is 6.61. The summed E-state index contributed by atoms with van der Waals surface area (Å²) in [6.45, 7) is 13.4. The van der Waals surface area contributed by atoms with Crippen LogP contribution >= 0.6 is 11.3 Å². The Morgan fingerprint density at radius 3 is 2.08 bits per heavy atom. The monoisotopic (exact) mass is 563 g/mol. The summed E-state index contributed by atoms with van der Waals surface area (Å²) in [5.74, 6) is 0.178. The van der Waals surface area contributed by atoms with Crippen molar-refractivity contribution in [2.75, 3.05) is 18.0 Å². The van der Waals surface area contributed by atoms with Crippen molar-refractivity contribution in [1.82, 2.24) is 9.29 Å². The Morgan fingerprint density at radius 1 is 0.872 bits per heavy atom. The van der Waals surface area contributed by atoms with E-state index in [4.69, 9.17) is 4.98 Å². The fourth-order valence-electron chi connectivity index (χ4n) is 4.48. The highest BCUT2D eigenvalue weighted by atomic mass is 32.2. The molecule has 6 nitrogen and oxygen atoms in total. The van der Waals surface area contributed by atoms with Crippen LogP contribution in [-0.4, -0.2) is 36.7 Å². The largest absolute Gasteiger partial charge is 0.279 e. The Bertz CT molecular complexity index is 1530. The average molecular weight is 564 g/mol. The molecule has 3 aromatic carbocycles. The molecule has 1 heterocycles. The molecule has 0 aliphatic carbocycles. The van der Waals surface area contributed by atoms with Crippen molar-refractivity contribution in [3.63, 3.8) is 0 Å². The molecule has 4 aromatic rings. The number of thiazole rings is 1. The van der Waals surface area contributed by atoms with Crippen molar-refractivity contribution in [2.24, 2.45) is 11.8 Å². The van der Waals surface area contributed by atoms with Crippen molar-refractivity contribution in [1.29, 1.82) is 0 Å². The van der Waals surface area contributed by atoms with Crippen LogP contribution in [0.5, 0.6) is 0 Å². The minimum absolute atomic E-state index is 0.195. The van der Waals surface area contributed by atoms with E-state index in [1.54, 1.807) is 33.5 Å². The zero-order chi connectivity index (χ0) is 28.3. The first-order chi connectivity index (χ1) is 18.5. The van der Waals surface area contributed by atoms with E-state index in [1.165, 1.54) is 11.3 Å². The second-order valence-electron chi connectivity index (χ2n) is 10.9. The summed E-state index contributed by atoms with van der Waals surface area (Å²) >= 11 is 1.48. The van der Waals surface area contributed by atoms with Gasteiger partial charge in [0, 0.05) is 18.7 Å². The minimum atomic E-state index is -3.68. The summed E-state index contributed by atoms with van der Waals surface area (Å²) in [7, 11) is -3.68. The minimum Gasteiger partial charge on any atom is -0.279 e. The number of amides is 1. The Kier molecular flexibility index (Phi) is 8.89. The maximum Gasteiger partial charge on any atom is 0.260 e. The number of hydrogen-bond donors (Lipinski definition) is 0. The van der Waals surface area contributed by atoms with Crippen molar-refractivity contribution >= 4 is 42.6 Å². The van der Waals surface area contributed by atoms with E-state index in [0.29, 0.717) is 30.3 Å². The van der Waals surface area contributed by atoms with E-state index >= 15 is 0 Å². The molecule has 0 atom stereocenters. The van der Waals surface area contributed by atoms with E-state index < -0.39 is 10.0 Å². The van der Waals surface area contributed by atoms with E-state index in [-0.39, 0.29) is 22.6 Å². The number of carbonyl (C=O) groups is 1. The van der Waals surface area contributed by atoms with Crippen molar-refractivity contribution in [3.05, 3.63) is 89.0 Å². The van der Waals surface area contributed by atoms with Crippen LogP contribution in [0.1, 0.15) is 54.7 Å². The molecule has 0 bridgehead atoms. The van der Waals surface area contributed by atoms with E-state index in [9.17, 15) is 13.2 Å². The summed E-state index contributed by atoms with van der Waals surface area (Å²) in [6, 6.07) is 20.2.